The first-order valence-electron chi connectivity index (χ1n) is 6.69. The Balaban J connectivity index is 1.91. The van der Waals surface area contributed by atoms with Crippen LogP contribution in [-0.2, 0) is 16.6 Å². The Kier molecular flexibility index (Phi) is 4.55. The molecule has 2 unspecified atom stereocenters. The molecule has 1 saturated heterocycles. The number of hydrogen-bond acceptors (Lipinski definition) is 4. The highest BCUT2D eigenvalue weighted by Gasteiger charge is 2.24. The Labute approximate surface area is 113 Å². The van der Waals surface area contributed by atoms with Gasteiger partial charge in [0.2, 0.25) is 5.91 Å². The zero-order chi connectivity index (χ0) is 13.8. The molecule has 1 aliphatic heterocycles. The van der Waals surface area contributed by atoms with Gasteiger partial charge in [0.05, 0.1) is 25.3 Å². The number of carbonyl (C=O) groups excluding carboxylic acids is 1. The number of morpholine rings is 1. The quantitative estimate of drug-likeness (QED) is 0.852. The van der Waals surface area contributed by atoms with Crippen molar-refractivity contribution in [3.05, 3.63) is 18.2 Å². The summed E-state index contributed by atoms with van der Waals surface area (Å²) in [6, 6.07) is -0.176. The maximum Gasteiger partial charge on any atom is 0.239 e. The van der Waals surface area contributed by atoms with E-state index in [0.717, 1.165) is 5.82 Å². The molecule has 1 aromatic rings. The molecule has 0 saturated carbocycles. The van der Waals surface area contributed by atoms with Crippen molar-refractivity contribution in [3.63, 3.8) is 0 Å². The molecule has 0 radical (unpaired) electrons. The Bertz CT molecular complexity index is 426. The molecule has 6 nitrogen and oxygen atoms in total. The molecule has 6 heteroatoms. The second-order valence-electron chi connectivity index (χ2n) is 4.94. The van der Waals surface area contributed by atoms with Gasteiger partial charge in [-0.1, -0.05) is 0 Å². The van der Waals surface area contributed by atoms with Crippen LogP contribution in [0.3, 0.4) is 0 Å². The molecule has 0 spiro atoms. The van der Waals surface area contributed by atoms with Gasteiger partial charge in [-0.15, -0.1) is 0 Å². The van der Waals surface area contributed by atoms with Crippen LogP contribution in [0.1, 0.15) is 25.7 Å². The molecule has 1 fully saturated rings. The minimum absolute atomic E-state index is 0.0417. The molecule has 0 bridgehead atoms. The normalized spacial score (nSPS) is 19.2. The van der Waals surface area contributed by atoms with Crippen LogP contribution in [0, 0.1) is 0 Å². The van der Waals surface area contributed by atoms with E-state index in [-0.39, 0.29) is 18.0 Å². The fourth-order valence-electron chi connectivity index (χ4n) is 2.37. The summed E-state index contributed by atoms with van der Waals surface area (Å²) in [5.41, 5.74) is 0. The largest absolute Gasteiger partial charge is 0.378 e. The summed E-state index contributed by atoms with van der Waals surface area (Å²) in [4.78, 5) is 18.4. The summed E-state index contributed by atoms with van der Waals surface area (Å²) >= 11 is 0. The lowest BCUT2D eigenvalue weighted by molar-refractivity contribution is -0.137. The van der Waals surface area contributed by atoms with E-state index >= 15 is 0 Å². The number of nitrogens with one attached hydrogen (secondary N) is 1. The van der Waals surface area contributed by atoms with Gasteiger partial charge < -0.3 is 14.2 Å². The predicted molar refractivity (Wildman–Crippen MR) is 71.6 cm³/mol. The van der Waals surface area contributed by atoms with Crippen molar-refractivity contribution in [1.29, 1.82) is 0 Å². The minimum atomic E-state index is -0.218. The second-order valence-corrected chi connectivity index (χ2v) is 4.94. The summed E-state index contributed by atoms with van der Waals surface area (Å²) in [6.45, 7) is 6.55. The lowest BCUT2D eigenvalue weighted by atomic mass is 10.2. The van der Waals surface area contributed by atoms with Crippen molar-refractivity contribution < 1.29 is 9.53 Å². The number of ether oxygens (including phenoxy) is 1. The first-order valence-corrected chi connectivity index (χ1v) is 6.69. The molecule has 1 aromatic heterocycles. The van der Waals surface area contributed by atoms with Gasteiger partial charge in [-0.3, -0.25) is 10.1 Å². The van der Waals surface area contributed by atoms with Gasteiger partial charge in [0.1, 0.15) is 5.82 Å². The molecule has 2 atom stereocenters. The summed E-state index contributed by atoms with van der Waals surface area (Å²) < 4.78 is 7.22. The van der Waals surface area contributed by atoms with Gasteiger partial charge in [-0.05, 0) is 13.8 Å². The smallest absolute Gasteiger partial charge is 0.239 e. The van der Waals surface area contributed by atoms with Crippen LogP contribution in [-0.4, -0.2) is 52.7 Å². The predicted octanol–water partition coefficient (Wildman–Crippen LogP) is 0.318. The van der Waals surface area contributed by atoms with Gasteiger partial charge in [-0.25, -0.2) is 4.98 Å². The monoisotopic (exact) mass is 266 g/mol. The lowest BCUT2D eigenvalue weighted by Crippen LogP contribution is -2.49. The first-order chi connectivity index (χ1) is 9.09. The number of nitrogens with zero attached hydrogens (tertiary/aromatic N) is 3. The fraction of sp³-hybridized carbons (Fsp3) is 0.692. The Morgan fingerprint density at radius 1 is 1.42 bits per heavy atom. The molecular weight excluding hydrogens is 244 g/mol. The number of carbonyl (C=O) groups is 1. The summed E-state index contributed by atoms with van der Waals surface area (Å²) in [6.07, 6.45) is 3.67. The van der Waals surface area contributed by atoms with Gasteiger partial charge in [0.25, 0.3) is 0 Å². The maximum absolute atomic E-state index is 12.3. The van der Waals surface area contributed by atoms with E-state index < -0.39 is 0 Å². The number of aryl methyl sites for hydroxylation is 1. The van der Waals surface area contributed by atoms with Crippen LogP contribution >= 0.6 is 0 Å². The number of imidazole rings is 1. The zero-order valence-corrected chi connectivity index (χ0v) is 11.8. The van der Waals surface area contributed by atoms with Gasteiger partial charge in [-0.2, -0.15) is 0 Å². The third-order valence-electron chi connectivity index (χ3n) is 3.44. The van der Waals surface area contributed by atoms with Gasteiger partial charge in [0, 0.05) is 32.5 Å². The first kappa shape index (κ1) is 14.0. The van der Waals surface area contributed by atoms with E-state index in [9.17, 15) is 4.79 Å². The molecule has 106 valence electrons. The van der Waals surface area contributed by atoms with E-state index in [2.05, 4.69) is 10.3 Å². The van der Waals surface area contributed by atoms with E-state index in [4.69, 9.17) is 4.74 Å². The SMILES string of the molecule is CC(NC(C)c1nccn1C)C(=O)N1CCOCC1. The van der Waals surface area contributed by atoms with E-state index in [0.29, 0.717) is 26.3 Å². The standard InChI is InChI=1S/C13H22N4O2/c1-10(12-14-4-5-16(12)3)15-11(2)13(18)17-6-8-19-9-7-17/h4-5,10-11,15H,6-9H2,1-3H3. The third-order valence-corrected chi connectivity index (χ3v) is 3.44. The van der Waals surface area contributed by atoms with Crippen molar-refractivity contribution in [2.45, 2.75) is 25.9 Å². The number of rotatable bonds is 4. The molecule has 1 aliphatic rings. The van der Waals surface area contributed by atoms with Crippen molar-refractivity contribution >= 4 is 5.91 Å². The minimum Gasteiger partial charge on any atom is -0.378 e. The Morgan fingerprint density at radius 2 is 2.11 bits per heavy atom. The average Bonchev–Trinajstić information content (AvgIpc) is 2.85. The second kappa shape index (κ2) is 6.16. The van der Waals surface area contributed by atoms with Crippen LogP contribution in [0.5, 0.6) is 0 Å². The van der Waals surface area contributed by atoms with Crippen molar-refractivity contribution in [3.8, 4) is 0 Å². The number of aromatic nitrogens is 2. The maximum atomic E-state index is 12.3. The van der Waals surface area contributed by atoms with E-state index in [1.54, 1.807) is 6.20 Å². The highest BCUT2D eigenvalue weighted by atomic mass is 16.5. The molecule has 1 amide bonds. The van der Waals surface area contributed by atoms with Gasteiger partial charge in [0.15, 0.2) is 0 Å². The van der Waals surface area contributed by atoms with Crippen LogP contribution in [0.25, 0.3) is 0 Å². The lowest BCUT2D eigenvalue weighted by Gasteiger charge is -2.30. The summed E-state index contributed by atoms with van der Waals surface area (Å²) in [7, 11) is 1.95. The van der Waals surface area contributed by atoms with Crippen molar-refractivity contribution in [2.24, 2.45) is 7.05 Å². The van der Waals surface area contributed by atoms with E-state index in [1.807, 2.05) is 36.6 Å². The summed E-state index contributed by atoms with van der Waals surface area (Å²) in [5.74, 6) is 1.06. The van der Waals surface area contributed by atoms with Crippen LogP contribution in [0.15, 0.2) is 12.4 Å². The fourth-order valence-corrected chi connectivity index (χ4v) is 2.37. The number of hydrogen-bond donors (Lipinski definition) is 1. The summed E-state index contributed by atoms with van der Waals surface area (Å²) in [5, 5.41) is 3.30. The molecule has 19 heavy (non-hydrogen) atoms. The Hall–Kier alpha value is -1.40. The highest BCUT2D eigenvalue weighted by Crippen LogP contribution is 2.10. The van der Waals surface area contributed by atoms with Crippen LogP contribution in [0.4, 0.5) is 0 Å². The number of amides is 1. The molecule has 0 aromatic carbocycles. The van der Waals surface area contributed by atoms with E-state index in [1.165, 1.54) is 0 Å². The van der Waals surface area contributed by atoms with Crippen molar-refractivity contribution in [1.82, 2.24) is 19.8 Å². The molecule has 1 N–H and O–H groups in total. The van der Waals surface area contributed by atoms with Crippen LogP contribution < -0.4 is 5.32 Å². The topological polar surface area (TPSA) is 59.4 Å². The molecule has 0 aliphatic carbocycles. The zero-order valence-electron chi connectivity index (χ0n) is 11.8. The molecular formula is C13H22N4O2. The Morgan fingerprint density at radius 3 is 2.68 bits per heavy atom. The molecule has 2 heterocycles. The van der Waals surface area contributed by atoms with Gasteiger partial charge >= 0.3 is 0 Å². The van der Waals surface area contributed by atoms with Crippen LogP contribution in [0.2, 0.25) is 0 Å². The highest BCUT2D eigenvalue weighted by molar-refractivity contribution is 5.81. The average molecular weight is 266 g/mol. The molecule has 2 rings (SSSR count). The third kappa shape index (κ3) is 3.33. The van der Waals surface area contributed by atoms with Crippen molar-refractivity contribution in [2.75, 3.05) is 26.3 Å².